The Hall–Kier alpha value is -1.58. The Labute approximate surface area is 291 Å². The maximum Gasteiger partial charge on any atom is 0.305 e. The summed E-state index contributed by atoms with van der Waals surface area (Å²) in [6, 6.07) is 0. The molecule has 0 aromatic rings. The first kappa shape index (κ1) is 47.4. The van der Waals surface area contributed by atoms with E-state index < -0.39 is 5.97 Å². The molecule has 292 valence electrons. The Morgan fingerprint density at radius 3 is 0.816 bits per heavy atom. The largest absolute Gasteiger partial charge is 0.481 e. The van der Waals surface area contributed by atoms with Crippen molar-refractivity contribution in [1.82, 2.24) is 0 Å². The average molecular weight is 718 g/mol. The molecule has 0 heterocycles. The number of hydrogen-bond acceptors (Lipinski definition) is 16. The van der Waals surface area contributed by atoms with Crippen molar-refractivity contribution in [2.24, 2.45) is 5.73 Å². The van der Waals surface area contributed by atoms with Gasteiger partial charge in [0, 0.05) is 19.4 Å². The van der Waals surface area contributed by atoms with Crippen molar-refractivity contribution in [3.05, 3.63) is 0 Å². The fourth-order valence-corrected chi connectivity index (χ4v) is 3.44. The van der Waals surface area contributed by atoms with Gasteiger partial charge in [0.15, 0.2) is 0 Å². The Kier molecular flexibility index (Phi) is 41.2. The van der Waals surface area contributed by atoms with Crippen LogP contribution >= 0.6 is 0 Å². The molecule has 49 heavy (non-hydrogen) atoms. The number of rotatable bonds is 43. The molecule has 0 fully saturated rings. The van der Waals surface area contributed by atoms with Crippen LogP contribution in [-0.2, 0) is 71.2 Å². The minimum Gasteiger partial charge on any atom is -0.481 e. The molecular formula is C32H63NO16. The summed E-state index contributed by atoms with van der Waals surface area (Å²) in [6.45, 7) is 12.1. The number of unbranched alkanes of at least 4 members (excludes halogenated alkanes) is 1. The molecule has 0 radical (unpaired) electrons. The van der Waals surface area contributed by atoms with Gasteiger partial charge in [-0.1, -0.05) is 0 Å². The lowest BCUT2D eigenvalue weighted by atomic mass is 10.2. The lowest BCUT2D eigenvalue weighted by molar-refractivity contribution is -0.146. The summed E-state index contributed by atoms with van der Waals surface area (Å²) in [7, 11) is 0. The van der Waals surface area contributed by atoms with E-state index in [2.05, 4.69) is 0 Å². The number of carbonyl (C=O) groups excluding carboxylic acids is 1. The van der Waals surface area contributed by atoms with Crippen molar-refractivity contribution < 1.29 is 76.3 Å². The number of carboxylic acid groups (broad SMARTS) is 1. The van der Waals surface area contributed by atoms with Crippen LogP contribution in [0.5, 0.6) is 0 Å². The van der Waals surface area contributed by atoms with Gasteiger partial charge >= 0.3 is 11.9 Å². The van der Waals surface area contributed by atoms with Gasteiger partial charge in [-0.25, -0.2) is 0 Å². The second-order valence-corrected chi connectivity index (χ2v) is 9.96. The summed E-state index contributed by atoms with van der Waals surface area (Å²) in [6.07, 6.45) is 1.23. The van der Waals surface area contributed by atoms with Crippen molar-refractivity contribution in [3.63, 3.8) is 0 Å². The van der Waals surface area contributed by atoms with E-state index in [9.17, 15) is 9.59 Å². The van der Waals surface area contributed by atoms with E-state index in [0.717, 1.165) is 0 Å². The zero-order chi connectivity index (χ0) is 35.6. The van der Waals surface area contributed by atoms with Gasteiger partial charge in [-0.15, -0.1) is 0 Å². The van der Waals surface area contributed by atoms with Gasteiger partial charge in [-0.3, -0.25) is 9.59 Å². The first-order valence-corrected chi connectivity index (χ1v) is 17.2. The highest BCUT2D eigenvalue weighted by Gasteiger charge is 2.04. The van der Waals surface area contributed by atoms with Crippen molar-refractivity contribution in [3.8, 4) is 0 Å². The van der Waals surface area contributed by atoms with Crippen molar-refractivity contribution in [2.45, 2.75) is 25.7 Å². The number of nitrogens with two attached hydrogens (primary N) is 1. The maximum absolute atomic E-state index is 11.5. The highest BCUT2D eigenvalue weighted by molar-refractivity contribution is 5.69. The van der Waals surface area contributed by atoms with E-state index in [1.807, 2.05) is 0 Å². The molecule has 0 aromatic heterocycles. The molecule has 0 saturated heterocycles. The first-order chi connectivity index (χ1) is 24.2. The smallest absolute Gasteiger partial charge is 0.305 e. The van der Waals surface area contributed by atoms with Gasteiger partial charge in [-0.2, -0.15) is 0 Å². The number of aliphatic carboxylic acids is 1. The summed E-state index contributed by atoms with van der Waals surface area (Å²) >= 11 is 0. The predicted molar refractivity (Wildman–Crippen MR) is 176 cm³/mol. The molecule has 0 amide bonds. The van der Waals surface area contributed by atoms with Crippen molar-refractivity contribution in [1.29, 1.82) is 0 Å². The second-order valence-electron chi connectivity index (χ2n) is 9.96. The third kappa shape index (κ3) is 44.4. The molecule has 0 aromatic carbocycles. The van der Waals surface area contributed by atoms with Crippen LogP contribution in [0.1, 0.15) is 25.7 Å². The fourth-order valence-electron chi connectivity index (χ4n) is 3.44. The van der Waals surface area contributed by atoms with Crippen LogP contribution in [0.15, 0.2) is 0 Å². The molecule has 0 spiro atoms. The molecule has 17 nitrogen and oxygen atoms in total. The number of ether oxygens (including phenoxy) is 13. The third-order valence-corrected chi connectivity index (χ3v) is 5.87. The van der Waals surface area contributed by atoms with Crippen LogP contribution in [0.25, 0.3) is 0 Å². The third-order valence-electron chi connectivity index (χ3n) is 5.87. The molecule has 3 N–H and O–H groups in total. The summed E-state index contributed by atoms with van der Waals surface area (Å²) in [5, 5.41) is 8.55. The molecule has 0 aliphatic rings. The number of carbonyl (C=O) groups is 2. The quantitative estimate of drug-likeness (QED) is 0.0645. The lowest BCUT2D eigenvalue weighted by Crippen LogP contribution is -2.16. The average Bonchev–Trinajstić information content (AvgIpc) is 3.09. The summed E-state index contributed by atoms with van der Waals surface area (Å²) in [5.74, 6) is -1.21. The second kappa shape index (κ2) is 42.6. The Morgan fingerprint density at radius 2 is 0.571 bits per heavy atom. The minimum absolute atomic E-state index is 0.0585. The van der Waals surface area contributed by atoms with Crippen LogP contribution in [0.2, 0.25) is 0 Å². The van der Waals surface area contributed by atoms with Gasteiger partial charge in [-0.05, 0) is 12.8 Å². The standard InChI is InChI=1S/C32H63NO16/c33-5-6-37-7-8-38-9-10-39-11-12-40-13-14-41-15-16-42-17-18-43-19-20-44-21-22-45-23-24-46-25-26-47-27-28-48-29-30-49-32(36)4-2-1-3-31(34)35/h1-30,33H2,(H,34,35). The number of carboxylic acids is 1. The molecule has 0 aliphatic carbocycles. The fraction of sp³-hybridized carbons (Fsp3) is 0.938. The van der Waals surface area contributed by atoms with Crippen molar-refractivity contribution in [2.75, 3.05) is 172 Å². The van der Waals surface area contributed by atoms with Crippen molar-refractivity contribution >= 4 is 11.9 Å². The number of hydrogen-bond donors (Lipinski definition) is 2. The van der Waals surface area contributed by atoms with Gasteiger partial charge in [0.2, 0.25) is 0 Å². The molecule has 0 atom stereocenters. The van der Waals surface area contributed by atoms with Gasteiger partial charge in [0.25, 0.3) is 0 Å². The molecule has 0 saturated carbocycles. The summed E-state index contributed by atoms with van der Waals surface area (Å²) < 4.78 is 69.9. The maximum atomic E-state index is 11.5. The predicted octanol–water partition coefficient (Wildman–Crippen LogP) is 0.333. The van der Waals surface area contributed by atoms with E-state index in [4.69, 9.17) is 72.4 Å². The number of esters is 1. The molecule has 0 unspecified atom stereocenters. The normalized spacial score (nSPS) is 11.4. The van der Waals surface area contributed by atoms with E-state index in [-0.39, 0.29) is 32.0 Å². The topological polar surface area (TPSA) is 200 Å². The van der Waals surface area contributed by atoms with Crippen LogP contribution in [0.4, 0.5) is 0 Å². The molecule has 17 heteroatoms. The first-order valence-electron chi connectivity index (χ1n) is 17.2. The van der Waals surface area contributed by atoms with E-state index in [1.165, 1.54) is 0 Å². The highest BCUT2D eigenvalue weighted by Crippen LogP contribution is 2.01. The van der Waals surface area contributed by atoms with E-state index in [1.54, 1.807) is 0 Å². The summed E-state index contributed by atoms with van der Waals surface area (Å²) in [5.41, 5.74) is 5.33. The van der Waals surface area contributed by atoms with Crippen LogP contribution in [-0.4, -0.2) is 189 Å². The van der Waals surface area contributed by atoms with Crippen LogP contribution in [0.3, 0.4) is 0 Å². The lowest BCUT2D eigenvalue weighted by Gasteiger charge is -2.09. The highest BCUT2D eigenvalue weighted by atomic mass is 16.6. The van der Waals surface area contributed by atoms with Crippen LogP contribution in [0, 0.1) is 0 Å². The Balaban J connectivity index is 3.09. The molecule has 0 aliphatic heterocycles. The molecule has 0 rings (SSSR count). The zero-order valence-corrected chi connectivity index (χ0v) is 29.4. The Morgan fingerprint density at radius 1 is 0.347 bits per heavy atom. The van der Waals surface area contributed by atoms with E-state index in [0.29, 0.717) is 171 Å². The summed E-state index contributed by atoms with van der Waals surface area (Å²) in [4.78, 5) is 21.9. The minimum atomic E-state index is -0.864. The van der Waals surface area contributed by atoms with Gasteiger partial charge < -0.3 is 72.4 Å². The SMILES string of the molecule is NCCOCCOCCOCCOCCOCCOCCOCCOCCOCCOCCOCCOCCOC(=O)CCCCC(=O)O. The monoisotopic (exact) mass is 717 g/mol. The van der Waals surface area contributed by atoms with Crippen LogP contribution < -0.4 is 5.73 Å². The zero-order valence-electron chi connectivity index (χ0n) is 29.4. The molecular weight excluding hydrogens is 654 g/mol. The van der Waals surface area contributed by atoms with Gasteiger partial charge in [0.05, 0.1) is 159 Å². The molecule has 0 bridgehead atoms. The van der Waals surface area contributed by atoms with Gasteiger partial charge in [0.1, 0.15) is 6.61 Å². The van der Waals surface area contributed by atoms with E-state index >= 15 is 0 Å². The Bertz CT molecular complexity index is 679.